The highest BCUT2D eigenvalue weighted by Crippen LogP contribution is 2.18. The van der Waals surface area contributed by atoms with Crippen molar-refractivity contribution in [1.29, 1.82) is 0 Å². The minimum atomic E-state index is -0.586. The van der Waals surface area contributed by atoms with Gasteiger partial charge in [0.15, 0.2) is 5.78 Å². The van der Waals surface area contributed by atoms with Gasteiger partial charge in [0.25, 0.3) is 5.91 Å². The summed E-state index contributed by atoms with van der Waals surface area (Å²) in [5.41, 5.74) is 1.60. The van der Waals surface area contributed by atoms with E-state index in [1.54, 1.807) is 12.1 Å². The first-order chi connectivity index (χ1) is 13.6. The molecule has 1 aliphatic heterocycles. The molecule has 0 unspecified atom stereocenters. The quantitative estimate of drug-likeness (QED) is 0.531. The topological polar surface area (TPSA) is 66.5 Å². The lowest BCUT2D eigenvalue weighted by Gasteiger charge is -2.12. The number of ketones is 1. The highest BCUT2D eigenvalue weighted by Gasteiger charge is 2.38. The molecule has 3 aromatic carbocycles. The smallest absolute Gasteiger partial charge is 0.325 e. The number of rotatable bonds is 6. The van der Waals surface area contributed by atoms with Crippen LogP contribution in [0, 0.1) is 0 Å². The number of imide groups is 1. The largest absolute Gasteiger partial charge is 0.326 e. The van der Waals surface area contributed by atoms with E-state index in [0.29, 0.717) is 18.4 Å². The van der Waals surface area contributed by atoms with Crippen molar-refractivity contribution in [3.63, 3.8) is 0 Å². The van der Waals surface area contributed by atoms with Crippen molar-refractivity contribution >= 4 is 28.5 Å². The molecular weight excluding hydrogens is 352 g/mol. The number of carbonyl (C=O) groups excluding carboxylic acids is 3. The summed E-state index contributed by atoms with van der Waals surface area (Å²) >= 11 is 0. The Morgan fingerprint density at radius 2 is 1.61 bits per heavy atom. The van der Waals surface area contributed by atoms with Gasteiger partial charge in [-0.3, -0.25) is 14.5 Å². The Hall–Kier alpha value is -3.47. The first kappa shape index (κ1) is 17.9. The summed E-state index contributed by atoms with van der Waals surface area (Å²) < 4.78 is 0. The number of fused-ring (bicyclic) bond motifs is 1. The monoisotopic (exact) mass is 372 g/mol. The number of hydrogen-bond acceptors (Lipinski definition) is 3. The third-order valence-electron chi connectivity index (χ3n) is 5.04. The normalized spacial score (nSPS) is 16.4. The molecule has 0 spiro atoms. The molecule has 0 saturated carbocycles. The molecular formula is C23H20N2O3. The van der Waals surface area contributed by atoms with E-state index >= 15 is 0 Å². The predicted octanol–water partition coefficient (Wildman–Crippen LogP) is 3.58. The van der Waals surface area contributed by atoms with Gasteiger partial charge in [0.1, 0.15) is 6.04 Å². The fraction of sp³-hybridized carbons (Fsp3) is 0.174. The SMILES string of the molecule is O=C(CN1C(=O)N[C@@H](CCc2ccccc2)C1=O)c1ccc2ccccc2c1. The van der Waals surface area contributed by atoms with Crippen molar-refractivity contribution in [2.45, 2.75) is 18.9 Å². The number of Topliss-reactive ketones (excluding diaryl/α,β-unsaturated/α-hetero) is 1. The number of nitrogens with zero attached hydrogens (tertiary/aromatic N) is 1. The van der Waals surface area contributed by atoms with E-state index < -0.39 is 12.1 Å². The zero-order valence-electron chi connectivity index (χ0n) is 15.3. The van der Waals surface area contributed by atoms with Crippen LogP contribution in [0.4, 0.5) is 4.79 Å². The third-order valence-corrected chi connectivity index (χ3v) is 5.04. The standard InChI is InChI=1S/C23H20N2O3/c26-21(19-12-11-17-8-4-5-9-18(17)14-19)15-25-22(27)20(24-23(25)28)13-10-16-6-2-1-3-7-16/h1-9,11-12,14,20H,10,13,15H2,(H,24,28)/t20-/m0/s1. The van der Waals surface area contributed by atoms with Crippen molar-refractivity contribution in [1.82, 2.24) is 10.2 Å². The number of benzene rings is 3. The molecule has 5 nitrogen and oxygen atoms in total. The van der Waals surface area contributed by atoms with Crippen molar-refractivity contribution < 1.29 is 14.4 Å². The summed E-state index contributed by atoms with van der Waals surface area (Å²) in [6.07, 6.45) is 1.19. The van der Waals surface area contributed by atoms with Crippen molar-refractivity contribution in [3.8, 4) is 0 Å². The van der Waals surface area contributed by atoms with Crippen LogP contribution in [-0.4, -0.2) is 35.2 Å². The minimum absolute atomic E-state index is 0.245. The first-order valence-electron chi connectivity index (χ1n) is 9.29. The molecule has 140 valence electrons. The van der Waals surface area contributed by atoms with E-state index in [0.717, 1.165) is 21.2 Å². The summed E-state index contributed by atoms with van der Waals surface area (Å²) in [5.74, 6) is -0.590. The van der Waals surface area contributed by atoms with E-state index in [-0.39, 0.29) is 18.2 Å². The van der Waals surface area contributed by atoms with Crippen molar-refractivity contribution in [3.05, 3.63) is 83.9 Å². The minimum Gasteiger partial charge on any atom is -0.326 e. The molecule has 28 heavy (non-hydrogen) atoms. The molecule has 5 heteroatoms. The summed E-state index contributed by atoms with van der Waals surface area (Å²) in [6, 6.07) is 21.9. The second kappa shape index (κ2) is 7.64. The van der Waals surface area contributed by atoms with E-state index in [1.165, 1.54) is 0 Å². The predicted molar refractivity (Wildman–Crippen MR) is 107 cm³/mol. The summed E-state index contributed by atoms with van der Waals surface area (Å²) in [7, 11) is 0. The van der Waals surface area contributed by atoms with Gasteiger partial charge < -0.3 is 5.32 Å². The van der Waals surface area contributed by atoms with Crippen molar-refractivity contribution in [2.24, 2.45) is 0 Å². The highest BCUT2D eigenvalue weighted by molar-refractivity contribution is 6.10. The van der Waals surface area contributed by atoms with Crippen LogP contribution >= 0.6 is 0 Å². The molecule has 1 heterocycles. The molecule has 1 aliphatic rings. The molecule has 0 radical (unpaired) electrons. The van der Waals surface area contributed by atoms with Gasteiger partial charge in [0, 0.05) is 5.56 Å². The van der Waals surface area contributed by atoms with Crippen LogP contribution in [-0.2, 0) is 11.2 Å². The third kappa shape index (κ3) is 3.64. The molecule has 1 atom stereocenters. The summed E-state index contributed by atoms with van der Waals surface area (Å²) in [5, 5.41) is 4.68. The van der Waals surface area contributed by atoms with Gasteiger partial charge in [-0.1, -0.05) is 66.7 Å². The van der Waals surface area contributed by atoms with Gasteiger partial charge in [-0.05, 0) is 35.2 Å². The van der Waals surface area contributed by atoms with Crippen LogP contribution in [0.1, 0.15) is 22.3 Å². The average Bonchev–Trinajstić information content (AvgIpc) is 3.00. The van der Waals surface area contributed by atoms with Crippen LogP contribution in [0.15, 0.2) is 72.8 Å². The van der Waals surface area contributed by atoms with E-state index in [4.69, 9.17) is 0 Å². The van der Waals surface area contributed by atoms with Gasteiger partial charge in [-0.2, -0.15) is 0 Å². The molecule has 1 N–H and O–H groups in total. The number of amides is 3. The number of nitrogens with one attached hydrogen (secondary N) is 1. The molecule has 3 amide bonds. The Labute approximate surface area is 163 Å². The average molecular weight is 372 g/mol. The van der Waals surface area contributed by atoms with Gasteiger partial charge in [-0.15, -0.1) is 0 Å². The second-order valence-electron chi connectivity index (χ2n) is 6.94. The number of aryl methyl sites for hydroxylation is 1. The summed E-state index contributed by atoms with van der Waals surface area (Å²) in [4.78, 5) is 38.5. The number of carbonyl (C=O) groups is 3. The van der Waals surface area contributed by atoms with Crippen molar-refractivity contribution in [2.75, 3.05) is 6.54 Å². The lowest BCUT2D eigenvalue weighted by molar-refractivity contribution is -0.127. The maximum Gasteiger partial charge on any atom is 0.325 e. The Kier molecular flexibility index (Phi) is 4.89. The fourth-order valence-electron chi connectivity index (χ4n) is 3.48. The van der Waals surface area contributed by atoms with Gasteiger partial charge in [0.05, 0.1) is 6.54 Å². The first-order valence-corrected chi connectivity index (χ1v) is 9.29. The lowest BCUT2D eigenvalue weighted by atomic mass is 10.0. The molecule has 1 saturated heterocycles. The van der Waals surface area contributed by atoms with Gasteiger partial charge >= 0.3 is 6.03 Å². The van der Waals surface area contributed by atoms with Crippen LogP contribution in [0.5, 0.6) is 0 Å². The summed E-state index contributed by atoms with van der Waals surface area (Å²) in [6.45, 7) is -0.245. The molecule has 0 aliphatic carbocycles. The van der Waals surface area contributed by atoms with Gasteiger partial charge in [0.2, 0.25) is 0 Å². The maximum atomic E-state index is 12.6. The zero-order valence-corrected chi connectivity index (χ0v) is 15.3. The zero-order chi connectivity index (χ0) is 19.5. The Balaban J connectivity index is 1.42. The van der Waals surface area contributed by atoms with Crippen LogP contribution < -0.4 is 5.32 Å². The molecule has 4 rings (SSSR count). The Bertz CT molecular complexity index is 1050. The van der Waals surface area contributed by atoms with Crippen LogP contribution in [0.3, 0.4) is 0 Å². The number of urea groups is 1. The van der Waals surface area contributed by atoms with Crippen LogP contribution in [0.25, 0.3) is 10.8 Å². The Morgan fingerprint density at radius 1 is 0.893 bits per heavy atom. The highest BCUT2D eigenvalue weighted by atomic mass is 16.2. The Morgan fingerprint density at radius 3 is 2.39 bits per heavy atom. The molecule has 0 bridgehead atoms. The molecule has 1 fully saturated rings. The fourth-order valence-corrected chi connectivity index (χ4v) is 3.48. The van der Waals surface area contributed by atoms with E-state index in [2.05, 4.69) is 5.32 Å². The second-order valence-corrected chi connectivity index (χ2v) is 6.94. The van der Waals surface area contributed by atoms with E-state index in [9.17, 15) is 14.4 Å². The molecule has 3 aromatic rings. The molecule has 0 aromatic heterocycles. The van der Waals surface area contributed by atoms with Gasteiger partial charge in [-0.25, -0.2) is 4.79 Å². The lowest BCUT2D eigenvalue weighted by Crippen LogP contribution is -2.36. The number of hydrogen-bond donors (Lipinski definition) is 1. The van der Waals surface area contributed by atoms with E-state index in [1.807, 2.05) is 60.7 Å². The van der Waals surface area contributed by atoms with Crippen LogP contribution in [0.2, 0.25) is 0 Å². The maximum absolute atomic E-state index is 12.6.